The van der Waals surface area contributed by atoms with Crippen LogP contribution in [-0.2, 0) is 10.5 Å². The number of para-hydroxylation sites is 1. The van der Waals surface area contributed by atoms with Crippen LogP contribution in [0.2, 0.25) is 5.02 Å². The van der Waals surface area contributed by atoms with E-state index in [2.05, 4.69) is 20.6 Å². The summed E-state index contributed by atoms with van der Waals surface area (Å²) >= 11 is 7.73. The van der Waals surface area contributed by atoms with Crippen LogP contribution >= 0.6 is 23.4 Å². The standard InChI is InChI=1S/C22H15ClN4O4S/c23-14-8-16-18(30-10-19(28)26-16)9-15(14)27-21(29)20-13(11-32-22-24-6-3-7-25-22)12-4-1-2-5-17(12)31-20/h1-9H,10-11H2,(H,26,28)(H,27,29). The summed E-state index contributed by atoms with van der Waals surface area (Å²) in [5.74, 6) is 0.324. The molecule has 2 aromatic heterocycles. The zero-order valence-corrected chi connectivity index (χ0v) is 18.0. The number of nitrogens with one attached hydrogen (secondary N) is 2. The molecule has 1 aliphatic rings. The molecule has 0 fully saturated rings. The van der Waals surface area contributed by atoms with Crippen molar-refractivity contribution in [2.45, 2.75) is 10.9 Å². The maximum atomic E-state index is 13.2. The molecular weight excluding hydrogens is 452 g/mol. The van der Waals surface area contributed by atoms with Crippen LogP contribution in [0.4, 0.5) is 11.4 Å². The van der Waals surface area contributed by atoms with Crippen molar-refractivity contribution in [1.82, 2.24) is 9.97 Å². The van der Waals surface area contributed by atoms with Gasteiger partial charge in [-0.1, -0.05) is 41.6 Å². The summed E-state index contributed by atoms with van der Waals surface area (Å²) in [6.07, 6.45) is 3.33. The van der Waals surface area contributed by atoms with Crippen molar-refractivity contribution in [1.29, 1.82) is 0 Å². The Bertz CT molecular complexity index is 1340. The maximum Gasteiger partial charge on any atom is 0.291 e. The lowest BCUT2D eigenvalue weighted by Gasteiger charge is -2.19. The van der Waals surface area contributed by atoms with Gasteiger partial charge in [0.25, 0.3) is 11.8 Å². The molecule has 2 N–H and O–H groups in total. The molecule has 0 atom stereocenters. The third-order valence-electron chi connectivity index (χ3n) is 4.74. The Balaban J connectivity index is 1.45. The Morgan fingerprint density at radius 2 is 2.00 bits per heavy atom. The second-order valence-electron chi connectivity index (χ2n) is 6.85. The lowest BCUT2D eigenvalue weighted by molar-refractivity contribution is -0.118. The van der Waals surface area contributed by atoms with Gasteiger partial charge in [-0.25, -0.2) is 9.97 Å². The van der Waals surface area contributed by atoms with E-state index >= 15 is 0 Å². The number of carbonyl (C=O) groups is 2. The van der Waals surface area contributed by atoms with Crippen LogP contribution in [0.25, 0.3) is 11.0 Å². The number of thioether (sulfide) groups is 1. The zero-order valence-electron chi connectivity index (χ0n) is 16.4. The molecule has 5 rings (SSSR count). The molecule has 160 valence electrons. The number of hydrogen-bond donors (Lipinski definition) is 2. The number of amides is 2. The molecule has 4 aromatic rings. The molecule has 0 saturated carbocycles. The van der Waals surface area contributed by atoms with Gasteiger partial charge in [0.15, 0.2) is 17.5 Å². The van der Waals surface area contributed by atoms with Crippen molar-refractivity contribution in [3.8, 4) is 5.75 Å². The van der Waals surface area contributed by atoms with E-state index in [0.29, 0.717) is 33.6 Å². The number of benzene rings is 2. The van der Waals surface area contributed by atoms with Crippen molar-refractivity contribution in [3.05, 3.63) is 71.2 Å². The van der Waals surface area contributed by atoms with Crippen LogP contribution in [0.5, 0.6) is 5.75 Å². The van der Waals surface area contributed by atoms with Gasteiger partial charge in [0, 0.05) is 35.2 Å². The summed E-state index contributed by atoms with van der Waals surface area (Å²) < 4.78 is 11.3. The first-order valence-corrected chi connectivity index (χ1v) is 10.9. The number of halogens is 1. The van der Waals surface area contributed by atoms with E-state index in [1.54, 1.807) is 24.5 Å². The van der Waals surface area contributed by atoms with Crippen LogP contribution in [0.1, 0.15) is 16.1 Å². The van der Waals surface area contributed by atoms with Crippen LogP contribution in [0, 0.1) is 0 Å². The lowest BCUT2D eigenvalue weighted by Crippen LogP contribution is -2.25. The molecule has 8 nitrogen and oxygen atoms in total. The molecule has 32 heavy (non-hydrogen) atoms. The van der Waals surface area contributed by atoms with E-state index in [1.807, 2.05) is 24.3 Å². The van der Waals surface area contributed by atoms with Gasteiger partial charge in [0.2, 0.25) is 0 Å². The highest BCUT2D eigenvalue weighted by atomic mass is 35.5. The van der Waals surface area contributed by atoms with Gasteiger partial charge in [-0.3, -0.25) is 9.59 Å². The fourth-order valence-corrected chi connectivity index (χ4v) is 4.34. The summed E-state index contributed by atoms with van der Waals surface area (Å²) in [4.78, 5) is 33.1. The van der Waals surface area contributed by atoms with Crippen molar-refractivity contribution in [3.63, 3.8) is 0 Å². The summed E-state index contributed by atoms with van der Waals surface area (Å²) in [6, 6.07) is 12.3. The van der Waals surface area contributed by atoms with Gasteiger partial charge >= 0.3 is 0 Å². The number of furan rings is 1. The van der Waals surface area contributed by atoms with Crippen LogP contribution < -0.4 is 15.4 Å². The van der Waals surface area contributed by atoms with E-state index in [1.165, 1.54) is 17.8 Å². The number of anilines is 2. The van der Waals surface area contributed by atoms with Crippen molar-refractivity contribution < 1.29 is 18.7 Å². The first kappa shape index (κ1) is 20.3. The molecular formula is C22H15ClN4O4S. The maximum absolute atomic E-state index is 13.2. The Morgan fingerprint density at radius 3 is 2.84 bits per heavy atom. The van der Waals surface area contributed by atoms with Gasteiger partial charge in [-0.05, 0) is 18.2 Å². The summed E-state index contributed by atoms with van der Waals surface area (Å²) in [7, 11) is 0. The smallest absolute Gasteiger partial charge is 0.291 e. The predicted octanol–water partition coefficient (Wildman–Crippen LogP) is 4.75. The first-order chi connectivity index (χ1) is 15.6. The van der Waals surface area contributed by atoms with E-state index in [4.69, 9.17) is 20.8 Å². The zero-order chi connectivity index (χ0) is 22.1. The average Bonchev–Trinajstić information content (AvgIpc) is 3.18. The third-order valence-corrected chi connectivity index (χ3v) is 5.96. The fourth-order valence-electron chi connectivity index (χ4n) is 3.30. The van der Waals surface area contributed by atoms with Gasteiger partial charge in [0.05, 0.1) is 16.4 Å². The summed E-state index contributed by atoms with van der Waals surface area (Å²) in [5, 5.41) is 7.16. The van der Waals surface area contributed by atoms with E-state index in [0.717, 1.165) is 10.9 Å². The molecule has 2 amide bonds. The molecule has 2 aromatic carbocycles. The SMILES string of the molecule is O=C1COc2cc(NC(=O)c3oc4ccccc4c3CSc3ncccn3)c(Cl)cc2N1. The molecule has 0 aliphatic carbocycles. The van der Waals surface area contributed by atoms with Crippen molar-refractivity contribution in [2.24, 2.45) is 0 Å². The minimum absolute atomic E-state index is 0.103. The van der Waals surface area contributed by atoms with Gasteiger partial charge in [-0.2, -0.15) is 0 Å². The summed E-state index contributed by atoms with van der Waals surface area (Å²) in [5.41, 5.74) is 2.13. The van der Waals surface area contributed by atoms with Crippen LogP contribution in [0.15, 0.2) is 64.4 Å². The number of fused-ring (bicyclic) bond motifs is 2. The quantitative estimate of drug-likeness (QED) is 0.323. The first-order valence-electron chi connectivity index (χ1n) is 9.56. The molecule has 1 aliphatic heterocycles. The number of carbonyl (C=O) groups excluding carboxylic acids is 2. The minimum atomic E-state index is -0.451. The second-order valence-corrected chi connectivity index (χ2v) is 8.19. The van der Waals surface area contributed by atoms with Crippen molar-refractivity contribution >= 4 is 57.5 Å². The predicted molar refractivity (Wildman–Crippen MR) is 121 cm³/mol. The molecule has 0 unspecified atom stereocenters. The molecule has 10 heteroatoms. The number of hydrogen-bond acceptors (Lipinski definition) is 7. The Morgan fingerprint density at radius 1 is 1.19 bits per heavy atom. The van der Waals surface area contributed by atoms with Gasteiger partial charge < -0.3 is 19.8 Å². The Kier molecular flexibility index (Phi) is 5.42. The average molecular weight is 467 g/mol. The van der Waals surface area contributed by atoms with E-state index in [9.17, 15) is 9.59 Å². The molecule has 0 spiro atoms. The van der Waals surface area contributed by atoms with E-state index < -0.39 is 5.91 Å². The minimum Gasteiger partial charge on any atom is -0.482 e. The highest BCUT2D eigenvalue weighted by molar-refractivity contribution is 7.98. The number of ether oxygens (including phenoxy) is 1. The fraction of sp³-hybridized carbons (Fsp3) is 0.0909. The monoisotopic (exact) mass is 466 g/mol. The van der Waals surface area contributed by atoms with Gasteiger partial charge in [0.1, 0.15) is 11.3 Å². The summed E-state index contributed by atoms with van der Waals surface area (Å²) in [6.45, 7) is -0.103. The molecule has 0 radical (unpaired) electrons. The van der Waals surface area contributed by atoms with Crippen LogP contribution in [0.3, 0.4) is 0 Å². The van der Waals surface area contributed by atoms with Crippen molar-refractivity contribution in [2.75, 3.05) is 17.2 Å². The normalized spacial score (nSPS) is 12.7. The highest BCUT2D eigenvalue weighted by Crippen LogP contribution is 2.37. The molecule has 3 heterocycles. The third kappa shape index (κ3) is 4.00. The molecule has 0 bridgehead atoms. The molecule has 0 saturated heterocycles. The van der Waals surface area contributed by atoms with Gasteiger partial charge in [-0.15, -0.1) is 0 Å². The largest absolute Gasteiger partial charge is 0.482 e. The number of rotatable bonds is 5. The Labute approximate surface area is 191 Å². The van der Waals surface area contributed by atoms with Crippen LogP contribution in [-0.4, -0.2) is 28.4 Å². The second kappa shape index (κ2) is 8.52. The highest BCUT2D eigenvalue weighted by Gasteiger charge is 2.24. The lowest BCUT2D eigenvalue weighted by atomic mass is 10.1. The topological polar surface area (TPSA) is 106 Å². The van der Waals surface area contributed by atoms with E-state index in [-0.39, 0.29) is 23.3 Å². The number of aromatic nitrogens is 2. The Hall–Kier alpha value is -3.56. The number of nitrogens with zero attached hydrogens (tertiary/aromatic N) is 2.